The number of nitrogens with one attached hydrogen (secondary N) is 1. The first-order chi connectivity index (χ1) is 13.3. The minimum absolute atomic E-state index is 0.0437. The van der Waals surface area contributed by atoms with Crippen LogP contribution in [0.15, 0.2) is 54.6 Å². The van der Waals surface area contributed by atoms with Gasteiger partial charge in [0.05, 0.1) is 11.5 Å². The SMILES string of the molecule is CC(C)(O)C(=O)N1CC[C@@]2(C(=O)Nc3ccccc32)[C@@H]1CCc1ccccc1. The topological polar surface area (TPSA) is 69.6 Å². The van der Waals surface area contributed by atoms with Gasteiger partial charge >= 0.3 is 0 Å². The molecule has 5 nitrogen and oxygen atoms in total. The molecule has 2 aromatic carbocycles. The number of nitrogens with zero attached hydrogens (tertiary/aromatic N) is 1. The van der Waals surface area contributed by atoms with Crippen molar-refractivity contribution in [2.24, 2.45) is 0 Å². The van der Waals surface area contributed by atoms with Crippen molar-refractivity contribution in [2.75, 3.05) is 11.9 Å². The molecule has 1 fully saturated rings. The van der Waals surface area contributed by atoms with E-state index in [1.807, 2.05) is 42.5 Å². The molecule has 0 saturated carbocycles. The van der Waals surface area contributed by atoms with Crippen molar-refractivity contribution in [3.8, 4) is 0 Å². The van der Waals surface area contributed by atoms with E-state index in [0.717, 1.165) is 17.7 Å². The van der Waals surface area contributed by atoms with Gasteiger partial charge in [-0.05, 0) is 50.3 Å². The molecule has 2 aromatic rings. The highest BCUT2D eigenvalue weighted by Crippen LogP contribution is 2.49. The number of anilines is 1. The Kier molecular flexibility index (Phi) is 4.50. The van der Waals surface area contributed by atoms with Crippen molar-refractivity contribution in [3.05, 3.63) is 65.7 Å². The molecule has 1 spiro atoms. The number of likely N-dealkylation sites (tertiary alicyclic amines) is 1. The van der Waals surface area contributed by atoms with Crippen LogP contribution < -0.4 is 5.32 Å². The van der Waals surface area contributed by atoms with Gasteiger partial charge in [-0.3, -0.25) is 9.59 Å². The summed E-state index contributed by atoms with van der Waals surface area (Å²) < 4.78 is 0. The van der Waals surface area contributed by atoms with Crippen molar-refractivity contribution >= 4 is 17.5 Å². The van der Waals surface area contributed by atoms with Gasteiger partial charge in [0.25, 0.3) is 5.91 Å². The molecule has 0 aliphatic carbocycles. The Labute approximate surface area is 165 Å². The number of benzene rings is 2. The maximum Gasteiger partial charge on any atom is 0.254 e. The average molecular weight is 378 g/mol. The average Bonchev–Trinajstić information content (AvgIpc) is 3.19. The third-order valence-electron chi connectivity index (χ3n) is 6.09. The molecule has 2 aliphatic heterocycles. The third-order valence-corrected chi connectivity index (χ3v) is 6.09. The quantitative estimate of drug-likeness (QED) is 0.860. The van der Waals surface area contributed by atoms with Gasteiger partial charge in [-0.1, -0.05) is 48.5 Å². The highest BCUT2D eigenvalue weighted by Gasteiger charge is 2.59. The van der Waals surface area contributed by atoms with Gasteiger partial charge in [-0.15, -0.1) is 0 Å². The van der Waals surface area contributed by atoms with Crippen LogP contribution in [0, 0.1) is 0 Å². The molecular weight excluding hydrogens is 352 g/mol. The second-order valence-electron chi connectivity index (χ2n) is 8.32. The molecule has 2 heterocycles. The van der Waals surface area contributed by atoms with Crippen LogP contribution in [0.1, 0.15) is 37.8 Å². The van der Waals surface area contributed by atoms with E-state index in [2.05, 4.69) is 17.4 Å². The third kappa shape index (κ3) is 2.90. The highest BCUT2D eigenvalue weighted by molar-refractivity contribution is 6.07. The Morgan fingerprint density at radius 3 is 2.57 bits per heavy atom. The summed E-state index contributed by atoms with van der Waals surface area (Å²) in [5.41, 5.74) is 0.739. The van der Waals surface area contributed by atoms with Gasteiger partial charge < -0.3 is 15.3 Å². The molecule has 0 aromatic heterocycles. The van der Waals surface area contributed by atoms with E-state index in [-0.39, 0.29) is 17.9 Å². The first-order valence-electron chi connectivity index (χ1n) is 9.82. The van der Waals surface area contributed by atoms with E-state index >= 15 is 0 Å². The van der Waals surface area contributed by atoms with Crippen molar-refractivity contribution in [1.29, 1.82) is 0 Å². The molecule has 28 heavy (non-hydrogen) atoms. The van der Waals surface area contributed by atoms with Gasteiger partial charge in [-0.25, -0.2) is 0 Å². The fourth-order valence-corrected chi connectivity index (χ4v) is 4.75. The Bertz CT molecular complexity index is 904. The van der Waals surface area contributed by atoms with Crippen LogP contribution in [0.3, 0.4) is 0 Å². The number of aliphatic hydroxyl groups is 1. The first kappa shape index (κ1) is 18.7. The number of hydrogen-bond acceptors (Lipinski definition) is 3. The van der Waals surface area contributed by atoms with Crippen molar-refractivity contribution < 1.29 is 14.7 Å². The number of amides is 2. The maximum atomic E-state index is 13.2. The van der Waals surface area contributed by atoms with E-state index < -0.39 is 11.0 Å². The number of carbonyl (C=O) groups excluding carboxylic acids is 2. The van der Waals surface area contributed by atoms with E-state index in [1.54, 1.807) is 4.90 Å². The lowest BCUT2D eigenvalue weighted by Gasteiger charge is -2.36. The highest BCUT2D eigenvalue weighted by atomic mass is 16.3. The minimum Gasteiger partial charge on any atom is -0.381 e. The number of rotatable bonds is 4. The number of aryl methyl sites for hydroxylation is 1. The van der Waals surface area contributed by atoms with Crippen molar-refractivity contribution in [2.45, 2.75) is 50.2 Å². The predicted octanol–water partition coefficient (Wildman–Crippen LogP) is 2.88. The van der Waals surface area contributed by atoms with Crippen LogP contribution in [0.25, 0.3) is 0 Å². The van der Waals surface area contributed by atoms with Gasteiger partial charge in [0, 0.05) is 12.2 Å². The van der Waals surface area contributed by atoms with Gasteiger partial charge in [0.15, 0.2) is 0 Å². The minimum atomic E-state index is -1.47. The molecule has 4 rings (SSSR count). The largest absolute Gasteiger partial charge is 0.381 e. The zero-order valence-electron chi connectivity index (χ0n) is 16.3. The Hall–Kier alpha value is -2.66. The monoisotopic (exact) mass is 378 g/mol. The summed E-state index contributed by atoms with van der Waals surface area (Å²) in [7, 11) is 0. The van der Waals surface area contributed by atoms with Crippen LogP contribution >= 0.6 is 0 Å². The Morgan fingerprint density at radius 2 is 1.86 bits per heavy atom. The van der Waals surface area contributed by atoms with Crippen molar-refractivity contribution in [1.82, 2.24) is 4.90 Å². The molecule has 0 radical (unpaired) electrons. The van der Waals surface area contributed by atoms with Crippen LogP contribution in [-0.4, -0.2) is 40.0 Å². The van der Waals surface area contributed by atoms with E-state index in [4.69, 9.17) is 0 Å². The zero-order chi connectivity index (χ0) is 19.9. The predicted molar refractivity (Wildman–Crippen MR) is 108 cm³/mol. The lowest BCUT2D eigenvalue weighted by molar-refractivity contribution is -0.149. The number of para-hydroxylation sites is 1. The Morgan fingerprint density at radius 1 is 1.18 bits per heavy atom. The summed E-state index contributed by atoms with van der Waals surface area (Å²) in [4.78, 5) is 27.9. The van der Waals surface area contributed by atoms with E-state index in [1.165, 1.54) is 19.4 Å². The van der Waals surface area contributed by atoms with Crippen LogP contribution in [0.2, 0.25) is 0 Å². The Balaban J connectivity index is 1.73. The number of fused-ring (bicyclic) bond motifs is 2. The first-order valence-corrected chi connectivity index (χ1v) is 9.82. The maximum absolute atomic E-state index is 13.2. The summed E-state index contributed by atoms with van der Waals surface area (Å²) in [6.07, 6.45) is 1.99. The molecular formula is C23H26N2O3. The molecule has 5 heteroatoms. The smallest absolute Gasteiger partial charge is 0.254 e. The van der Waals surface area contributed by atoms with Crippen LogP contribution in [-0.2, 0) is 21.4 Å². The lowest BCUT2D eigenvalue weighted by Crippen LogP contribution is -2.53. The molecule has 0 unspecified atom stereocenters. The molecule has 146 valence electrons. The van der Waals surface area contributed by atoms with Gasteiger partial charge in [-0.2, -0.15) is 0 Å². The number of hydrogen-bond donors (Lipinski definition) is 2. The zero-order valence-corrected chi connectivity index (χ0v) is 16.3. The fraction of sp³-hybridized carbons (Fsp3) is 0.391. The normalized spacial score (nSPS) is 23.8. The molecule has 2 amide bonds. The molecule has 2 aliphatic rings. The second-order valence-corrected chi connectivity index (χ2v) is 8.32. The van der Waals surface area contributed by atoms with E-state index in [0.29, 0.717) is 19.4 Å². The standard InChI is InChI=1S/C23H26N2O3/c1-22(2,28)21(27)25-15-14-23(17-10-6-7-11-18(17)24-20(23)26)19(25)13-12-16-8-4-3-5-9-16/h3-11,19,28H,12-15H2,1-2H3,(H,24,26)/t19-,23-/m0/s1. The summed E-state index contributed by atoms with van der Waals surface area (Å²) in [6.45, 7) is 3.48. The van der Waals surface area contributed by atoms with Crippen LogP contribution in [0.4, 0.5) is 5.69 Å². The summed E-state index contributed by atoms with van der Waals surface area (Å²) in [5.74, 6) is -0.363. The van der Waals surface area contributed by atoms with Gasteiger partial charge in [0.2, 0.25) is 5.91 Å². The van der Waals surface area contributed by atoms with Crippen LogP contribution in [0.5, 0.6) is 0 Å². The van der Waals surface area contributed by atoms with Crippen molar-refractivity contribution in [3.63, 3.8) is 0 Å². The second kappa shape index (κ2) is 6.74. The fourth-order valence-electron chi connectivity index (χ4n) is 4.75. The summed E-state index contributed by atoms with van der Waals surface area (Å²) in [6, 6.07) is 17.5. The number of carbonyl (C=O) groups is 2. The molecule has 2 N–H and O–H groups in total. The summed E-state index contributed by atoms with van der Waals surface area (Å²) in [5, 5.41) is 13.4. The molecule has 2 atom stereocenters. The molecule has 0 bridgehead atoms. The summed E-state index contributed by atoms with van der Waals surface area (Å²) >= 11 is 0. The van der Waals surface area contributed by atoms with E-state index in [9.17, 15) is 14.7 Å². The van der Waals surface area contributed by atoms with Gasteiger partial charge in [0.1, 0.15) is 5.60 Å². The molecule has 1 saturated heterocycles. The lowest BCUT2D eigenvalue weighted by atomic mass is 9.73.